The Hall–Kier alpha value is -1.32. The number of nitrogens with two attached hydrogens (primary N) is 1. The lowest BCUT2D eigenvalue weighted by molar-refractivity contribution is -0.124. The first-order chi connectivity index (χ1) is 9.88. The van der Waals surface area contributed by atoms with E-state index in [2.05, 4.69) is 12.2 Å². The van der Waals surface area contributed by atoms with Crippen LogP contribution in [0.4, 0.5) is 0 Å². The van der Waals surface area contributed by atoms with Crippen molar-refractivity contribution in [2.24, 2.45) is 28.9 Å². The van der Waals surface area contributed by atoms with Crippen molar-refractivity contribution in [2.45, 2.75) is 58.4 Å². The van der Waals surface area contributed by atoms with E-state index < -0.39 is 11.9 Å². The molecule has 116 valence electrons. The highest BCUT2D eigenvalue weighted by atomic mass is 16.2. The second kappa shape index (κ2) is 5.15. The van der Waals surface area contributed by atoms with Crippen LogP contribution < -0.4 is 11.1 Å². The first-order valence-corrected chi connectivity index (χ1v) is 8.16. The summed E-state index contributed by atoms with van der Waals surface area (Å²) >= 11 is 0. The van der Waals surface area contributed by atoms with Gasteiger partial charge in [-0.15, -0.1) is 0 Å². The summed E-state index contributed by atoms with van der Waals surface area (Å²) in [4.78, 5) is 23.1. The van der Waals surface area contributed by atoms with E-state index in [4.69, 9.17) is 5.73 Å². The molecule has 0 aromatic carbocycles. The lowest BCUT2D eigenvalue weighted by atomic mass is 9.48. The zero-order valence-electron chi connectivity index (χ0n) is 13.0. The van der Waals surface area contributed by atoms with Crippen molar-refractivity contribution < 1.29 is 9.59 Å². The summed E-state index contributed by atoms with van der Waals surface area (Å²) in [5, 5.41) is 2.65. The van der Waals surface area contributed by atoms with E-state index in [-0.39, 0.29) is 11.3 Å². The Morgan fingerprint density at radius 2 is 1.62 bits per heavy atom. The third kappa shape index (κ3) is 2.72. The zero-order valence-corrected chi connectivity index (χ0v) is 13.0. The monoisotopic (exact) mass is 290 g/mol. The third-order valence-corrected chi connectivity index (χ3v) is 6.01. The molecule has 3 N–H and O–H groups in total. The lowest BCUT2D eigenvalue weighted by Crippen LogP contribution is -2.47. The topological polar surface area (TPSA) is 72.2 Å². The summed E-state index contributed by atoms with van der Waals surface area (Å²) in [5.74, 6) is 1.92. The Kier molecular flexibility index (Phi) is 3.58. The molecule has 2 amide bonds. The van der Waals surface area contributed by atoms with Crippen LogP contribution in [0.25, 0.3) is 0 Å². The van der Waals surface area contributed by atoms with Crippen molar-refractivity contribution in [2.75, 3.05) is 0 Å². The van der Waals surface area contributed by atoms with Crippen molar-refractivity contribution in [3.05, 3.63) is 11.6 Å². The minimum absolute atomic E-state index is 0.186. The van der Waals surface area contributed by atoms with Crippen LogP contribution in [0.5, 0.6) is 0 Å². The number of carbonyl (C=O) groups is 2. The molecule has 0 radical (unpaired) electrons. The molecular weight excluding hydrogens is 264 g/mol. The van der Waals surface area contributed by atoms with E-state index in [1.165, 1.54) is 44.1 Å². The first kappa shape index (κ1) is 14.6. The zero-order chi connectivity index (χ0) is 15.2. The SMILES string of the molecule is CC(=CC(=O)NC(C)C(N)=O)C12CC3CC(CC(C3)C1)C2. The maximum Gasteiger partial charge on any atom is 0.244 e. The standard InChI is InChI=1S/C17H26N2O2/c1-10(3-15(20)19-11(2)16(18)21)17-7-12-4-13(8-17)6-14(5-12)9-17/h3,11-14H,4-9H2,1-2H3,(H2,18,21)(H,19,20). The fourth-order valence-corrected chi connectivity index (χ4v) is 5.27. The van der Waals surface area contributed by atoms with Gasteiger partial charge in [-0.1, -0.05) is 5.57 Å². The number of primary amides is 1. The fraction of sp³-hybridized carbons (Fsp3) is 0.765. The minimum atomic E-state index is -0.613. The second-order valence-electron chi connectivity index (χ2n) is 7.66. The maximum absolute atomic E-state index is 12.1. The van der Waals surface area contributed by atoms with Gasteiger partial charge in [-0.3, -0.25) is 9.59 Å². The summed E-state index contributed by atoms with van der Waals surface area (Å²) in [6.45, 7) is 3.72. The Morgan fingerprint density at radius 1 is 1.14 bits per heavy atom. The van der Waals surface area contributed by atoms with Gasteiger partial charge in [0.15, 0.2) is 0 Å². The van der Waals surface area contributed by atoms with Gasteiger partial charge in [-0.2, -0.15) is 0 Å². The highest BCUT2D eigenvalue weighted by Gasteiger charge is 2.51. The van der Waals surface area contributed by atoms with E-state index in [0.717, 1.165) is 17.8 Å². The molecule has 4 bridgehead atoms. The Bertz CT molecular complexity index is 460. The van der Waals surface area contributed by atoms with Crippen LogP contribution in [0.15, 0.2) is 11.6 Å². The van der Waals surface area contributed by atoms with Gasteiger partial charge >= 0.3 is 0 Å². The minimum Gasteiger partial charge on any atom is -0.368 e. The first-order valence-electron chi connectivity index (χ1n) is 8.16. The average molecular weight is 290 g/mol. The molecule has 21 heavy (non-hydrogen) atoms. The molecule has 1 atom stereocenters. The van der Waals surface area contributed by atoms with Crippen LogP contribution in [0.3, 0.4) is 0 Å². The second-order valence-corrected chi connectivity index (χ2v) is 7.66. The van der Waals surface area contributed by atoms with E-state index >= 15 is 0 Å². The quantitative estimate of drug-likeness (QED) is 0.779. The largest absolute Gasteiger partial charge is 0.368 e. The molecule has 4 rings (SSSR count). The molecule has 0 saturated heterocycles. The van der Waals surface area contributed by atoms with Crippen LogP contribution in [0, 0.1) is 23.2 Å². The summed E-state index contributed by atoms with van der Waals surface area (Å²) in [7, 11) is 0. The average Bonchev–Trinajstić information content (AvgIpc) is 2.36. The van der Waals surface area contributed by atoms with Crippen molar-refractivity contribution in [3.63, 3.8) is 0 Å². The molecule has 0 aromatic heterocycles. The van der Waals surface area contributed by atoms with Gasteiger partial charge in [0.1, 0.15) is 6.04 Å². The summed E-state index contributed by atoms with van der Waals surface area (Å²) < 4.78 is 0. The molecule has 4 aliphatic rings. The van der Waals surface area contributed by atoms with Crippen molar-refractivity contribution in [1.82, 2.24) is 5.32 Å². The van der Waals surface area contributed by atoms with Gasteiger partial charge in [0.25, 0.3) is 0 Å². The highest BCUT2D eigenvalue weighted by Crippen LogP contribution is 2.62. The van der Waals surface area contributed by atoms with Gasteiger partial charge in [0, 0.05) is 6.08 Å². The number of rotatable bonds is 4. The van der Waals surface area contributed by atoms with Gasteiger partial charge in [0.2, 0.25) is 11.8 Å². The predicted octanol–water partition coefficient (Wildman–Crippen LogP) is 2.14. The van der Waals surface area contributed by atoms with Gasteiger partial charge in [-0.05, 0) is 75.5 Å². The molecule has 4 nitrogen and oxygen atoms in total. The van der Waals surface area contributed by atoms with Crippen LogP contribution in [-0.4, -0.2) is 17.9 Å². The van der Waals surface area contributed by atoms with Crippen LogP contribution in [0.2, 0.25) is 0 Å². The number of hydrogen-bond acceptors (Lipinski definition) is 2. The highest BCUT2D eigenvalue weighted by molar-refractivity contribution is 5.92. The Balaban J connectivity index is 1.72. The predicted molar refractivity (Wildman–Crippen MR) is 81.2 cm³/mol. The number of nitrogens with one attached hydrogen (secondary N) is 1. The number of carbonyl (C=O) groups excluding carboxylic acids is 2. The van der Waals surface area contributed by atoms with Crippen molar-refractivity contribution in [3.8, 4) is 0 Å². The van der Waals surface area contributed by atoms with Gasteiger partial charge in [0.05, 0.1) is 0 Å². The molecular formula is C17H26N2O2. The lowest BCUT2D eigenvalue weighted by Gasteiger charge is -2.57. The van der Waals surface area contributed by atoms with E-state index in [1.54, 1.807) is 13.0 Å². The fourth-order valence-electron chi connectivity index (χ4n) is 5.27. The van der Waals surface area contributed by atoms with Crippen molar-refractivity contribution in [1.29, 1.82) is 0 Å². The van der Waals surface area contributed by atoms with Gasteiger partial charge in [-0.25, -0.2) is 0 Å². The molecule has 4 fully saturated rings. The normalized spacial score (nSPS) is 39.1. The van der Waals surface area contributed by atoms with Crippen LogP contribution in [-0.2, 0) is 9.59 Å². The number of amides is 2. The molecule has 0 heterocycles. The molecule has 4 heteroatoms. The summed E-state index contributed by atoms with van der Waals surface area (Å²) in [5.41, 5.74) is 6.64. The Morgan fingerprint density at radius 3 is 2.05 bits per heavy atom. The number of allylic oxidation sites excluding steroid dienone is 1. The molecule has 0 aromatic rings. The van der Waals surface area contributed by atoms with E-state index in [9.17, 15) is 9.59 Å². The molecule has 0 spiro atoms. The van der Waals surface area contributed by atoms with Gasteiger partial charge < -0.3 is 11.1 Å². The molecule has 0 aliphatic heterocycles. The summed E-state index contributed by atoms with van der Waals surface area (Å²) in [6.07, 6.45) is 9.67. The van der Waals surface area contributed by atoms with E-state index in [0.29, 0.717) is 0 Å². The van der Waals surface area contributed by atoms with Crippen LogP contribution >= 0.6 is 0 Å². The Labute approximate surface area is 126 Å². The van der Waals surface area contributed by atoms with Crippen LogP contribution in [0.1, 0.15) is 52.4 Å². The third-order valence-electron chi connectivity index (χ3n) is 6.01. The molecule has 4 saturated carbocycles. The maximum atomic E-state index is 12.1. The number of hydrogen-bond donors (Lipinski definition) is 2. The smallest absolute Gasteiger partial charge is 0.244 e. The van der Waals surface area contributed by atoms with Crippen molar-refractivity contribution >= 4 is 11.8 Å². The molecule has 1 unspecified atom stereocenters. The molecule has 4 aliphatic carbocycles. The van der Waals surface area contributed by atoms with E-state index in [1.807, 2.05) is 0 Å². The summed E-state index contributed by atoms with van der Waals surface area (Å²) in [6, 6.07) is -0.613.